The van der Waals surface area contributed by atoms with Crippen LogP contribution in [0.4, 0.5) is 13.2 Å². The normalized spacial score (nSPS) is 17.6. The van der Waals surface area contributed by atoms with E-state index in [9.17, 15) is 18.0 Å². The summed E-state index contributed by atoms with van der Waals surface area (Å²) in [4.78, 5) is 13.1. The first-order valence-electron chi connectivity index (χ1n) is 6.41. The molecule has 22 heavy (non-hydrogen) atoms. The number of piperazine rings is 1. The van der Waals surface area contributed by atoms with E-state index in [0.717, 1.165) is 0 Å². The van der Waals surface area contributed by atoms with E-state index in [1.54, 1.807) is 0 Å². The molecule has 0 spiro atoms. The summed E-state index contributed by atoms with van der Waals surface area (Å²) >= 11 is 3.03. The average Bonchev–Trinajstić information content (AvgIpc) is 2.85. The van der Waals surface area contributed by atoms with Crippen LogP contribution in [0, 0.1) is 0 Å². The van der Waals surface area contributed by atoms with Crippen molar-refractivity contribution in [1.29, 1.82) is 0 Å². The Morgan fingerprint density at radius 3 is 2.59 bits per heavy atom. The van der Waals surface area contributed by atoms with Crippen molar-refractivity contribution in [3.05, 3.63) is 22.6 Å². The van der Waals surface area contributed by atoms with Gasteiger partial charge in [0.2, 0.25) is 0 Å². The predicted molar refractivity (Wildman–Crippen MR) is 80.3 cm³/mol. The molecule has 1 aliphatic rings. The Labute approximate surface area is 140 Å². The summed E-state index contributed by atoms with van der Waals surface area (Å²) in [6.45, 7) is 1.14. The van der Waals surface area contributed by atoms with Crippen LogP contribution >= 0.6 is 28.3 Å². The molecule has 1 aromatic heterocycles. The summed E-state index contributed by atoms with van der Waals surface area (Å²) in [6.07, 6.45) is -3.20. The smallest absolute Gasteiger partial charge is 0.405 e. The maximum Gasteiger partial charge on any atom is 0.405 e. The second-order valence-corrected chi connectivity index (χ2v) is 5.47. The molecule has 2 rings (SSSR count). The zero-order chi connectivity index (χ0) is 15.5. The lowest BCUT2D eigenvalue weighted by molar-refractivity contribution is -0.183. The van der Waals surface area contributed by atoms with Crippen LogP contribution in [0.2, 0.25) is 0 Å². The minimum Gasteiger partial charge on any atom is -0.457 e. The Kier molecular flexibility index (Phi) is 7.17. The van der Waals surface area contributed by atoms with Gasteiger partial charge < -0.3 is 15.1 Å². The van der Waals surface area contributed by atoms with Crippen molar-refractivity contribution in [3.63, 3.8) is 0 Å². The van der Waals surface area contributed by atoms with Gasteiger partial charge in [-0.05, 0) is 15.9 Å². The van der Waals surface area contributed by atoms with Gasteiger partial charge in [0, 0.05) is 38.8 Å². The molecule has 1 fully saturated rings. The van der Waals surface area contributed by atoms with Crippen LogP contribution in [0.3, 0.4) is 0 Å². The number of carbonyl (C=O) groups excluding carboxylic acids is 1. The molecule has 5 nitrogen and oxygen atoms in total. The molecule has 0 aromatic carbocycles. The van der Waals surface area contributed by atoms with Crippen molar-refractivity contribution >= 4 is 34.2 Å². The first kappa shape index (κ1) is 19.3. The highest BCUT2D eigenvalue weighted by atomic mass is 79.9. The van der Waals surface area contributed by atoms with Gasteiger partial charge in [-0.25, -0.2) is 0 Å². The fourth-order valence-corrected chi connectivity index (χ4v) is 2.51. The van der Waals surface area contributed by atoms with Crippen molar-refractivity contribution in [2.45, 2.75) is 12.2 Å². The molecule has 0 bridgehead atoms. The molecule has 1 aromatic rings. The van der Waals surface area contributed by atoms with Gasteiger partial charge in [0.25, 0.3) is 5.91 Å². The summed E-state index contributed by atoms with van der Waals surface area (Å²) in [7, 11) is 0. The molecule has 1 amide bonds. The quantitative estimate of drug-likeness (QED) is 0.803. The molecular formula is C12H16BrClF3N3O2. The molecule has 0 saturated carbocycles. The van der Waals surface area contributed by atoms with Gasteiger partial charge >= 0.3 is 6.18 Å². The third-order valence-electron chi connectivity index (χ3n) is 3.26. The van der Waals surface area contributed by atoms with E-state index in [4.69, 9.17) is 4.42 Å². The monoisotopic (exact) mass is 405 g/mol. The number of rotatable bonds is 4. The Balaban J connectivity index is 0.00000242. The van der Waals surface area contributed by atoms with E-state index in [2.05, 4.69) is 26.6 Å². The zero-order valence-electron chi connectivity index (χ0n) is 11.5. The zero-order valence-corrected chi connectivity index (χ0v) is 13.9. The van der Waals surface area contributed by atoms with Crippen LogP contribution in [0.15, 0.2) is 21.4 Å². The molecule has 126 valence electrons. The van der Waals surface area contributed by atoms with E-state index in [1.165, 1.54) is 17.2 Å². The molecule has 1 atom stereocenters. The largest absolute Gasteiger partial charge is 0.457 e. The van der Waals surface area contributed by atoms with Gasteiger partial charge in [-0.2, -0.15) is 13.2 Å². The van der Waals surface area contributed by atoms with Gasteiger partial charge in [0.1, 0.15) is 12.3 Å². The number of amides is 1. The Hall–Kier alpha value is -0.770. The number of hydrogen-bond acceptors (Lipinski definition) is 4. The van der Waals surface area contributed by atoms with E-state index < -0.39 is 24.7 Å². The number of alkyl halides is 3. The first-order chi connectivity index (χ1) is 9.88. The van der Waals surface area contributed by atoms with E-state index in [1.807, 2.05) is 0 Å². The van der Waals surface area contributed by atoms with Gasteiger partial charge in [0.05, 0.1) is 5.56 Å². The minimum absolute atomic E-state index is 0. The van der Waals surface area contributed by atoms with Crippen LogP contribution in [-0.4, -0.2) is 55.7 Å². The predicted octanol–water partition coefficient (Wildman–Crippen LogP) is 2.03. The second kappa shape index (κ2) is 8.19. The lowest BCUT2D eigenvalue weighted by atomic mass is 10.2. The molecule has 1 saturated heterocycles. The van der Waals surface area contributed by atoms with Crippen molar-refractivity contribution in [2.75, 3.05) is 32.7 Å². The standard InChI is InChI=1S/C12H15BrF3N3O2.ClH/c13-10-5-8(7-21-10)11(20)18-6-9(12(14,15)16)19-3-1-17-2-4-19;/h5,7,9,17H,1-4,6H2,(H,18,20);1H. The fraction of sp³-hybridized carbons (Fsp3) is 0.583. The fourth-order valence-electron chi connectivity index (χ4n) is 2.17. The maximum atomic E-state index is 13.1. The number of nitrogens with zero attached hydrogens (tertiary/aromatic N) is 1. The molecule has 0 aliphatic carbocycles. The lowest BCUT2D eigenvalue weighted by Gasteiger charge is -2.35. The highest BCUT2D eigenvalue weighted by molar-refractivity contribution is 9.10. The van der Waals surface area contributed by atoms with Crippen LogP contribution in [-0.2, 0) is 0 Å². The summed E-state index contributed by atoms with van der Waals surface area (Å²) < 4.78 is 44.6. The molecule has 2 N–H and O–H groups in total. The van der Waals surface area contributed by atoms with Gasteiger partial charge in [0.15, 0.2) is 4.67 Å². The number of furan rings is 1. The summed E-state index contributed by atoms with van der Waals surface area (Å²) in [5.41, 5.74) is 0.183. The lowest BCUT2D eigenvalue weighted by Crippen LogP contribution is -2.57. The summed E-state index contributed by atoms with van der Waals surface area (Å²) in [5, 5.41) is 5.31. The summed E-state index contributed by atoms with van der Waals surface area (Å²) in [5.74, 6) is -0.589. The van der Waals surface area contributed by atoms with E-state index in [-0.39, 0.29) is 18.0 Å². The highest BCUT2D eigenvalue weighted by Gasteiger charge is 2.43. The average molecular weight is 407 g/mol. The maximum absolute atomic E-state index is 13.1. The van der Waals surface area contributed by atoms with Crippen LogP contribution in [0.25, 0.3) is 0 Å². The van der Waals surface area contributed by atoms with Gasteiger partial charge in [-0.15, -0.1) is 12.4 Å². The molecule has 1 aliphatic heterocycles. The van der Waals surface area contributed by atoms with Crippen molar-refractivity contribution in [1.82, 2.24) is 15.5 Å². The second-order valence-electron chi connectivity index (χ2n) is 4.69. The molecule has 1 unspecified atom stereocenters. The first-order valence-corrected chi connectivity index (χ1v) is 7.21. The van der Waals surface area contributed by atoms with Crippen LogP contribution in [0.1, 0.15) is 10.4 Å². The SMILES string of the molecule is Cl.O=C(NCC(N1CCNCC1)C(F)(F)F)c1coc(Br)c1. The summed E-state index contributed by atoms with van der Waals surface area (Å²) in [6, 6.07) is -0.276. The number of nitrogens with one attached hydrogen (secondary N) is 2. The highest BCUT2D eigenvalue weighted by Crippen LogP contribution is 2.25. The number of carbonyl (C=O) groups is 1. The third-order valence-corrected chi connectivity index (χ3v) is 3.67. The molecule has 10 heteroatoms. The van der Waals surface area contributed by atoms with Gasteiger partial charge in [-0.1, -0.05) is 0 Å². The van der Waals surface area contributed by atoms with E-state index >= 15 is 0 Å². The minimum atomic E-state index is -4.39. The third kappa shape index (κ3) is 5.15. The Morgan fingerprint density at radius 1 is 1.45 bits per heavy atom. The molecule has 0 radical (unpaired) electrons. The Morgan fingerprint density at radius 2 is 2.09 bits per heavy atom. The van der Waals surface area contributed by atoms with Crippen molar-refractivity contribution in [3.8, 4) is 0 Å². The molecule has 2 heterocycles. The molecular weight excluding hydrogens is 391 g/mol. The van der Waals surface area contributed by atoms with Crippen molar-refractivity contribution in [2.24, 2.45) is 0 Å². The number of halogens is 5. The van der Waals surface area contributed by atoms with Crippen LogP contribution in [0.5, 0.6) is 0 Å². The number of hydrogen-bond donors (Lipinski definition) is 2. The van der Waals surface area contributed by atoms with Gasteiger partial charge in [-0.3, -0.25) is 9.69 Å². The topological polar surface area (TPSA) is 57.5 Å². The van der Waals surface area contributed by atoms with Crippen molar-refractivity contribution < 1.29 is 22.4 Å². The van der Waals surface area contributed by atoms with Crippen LogP contribution < -0.4 is 10.6 Å². The van der Waals surface area contributed by atoms with E-state index in [0.29, 0.717) is 30.8 Å². The Bertz CT molecular complexity index is 492.